The van der Waals surface area contributed by atoms with Crippen molar-refractivity contribution in [3.63, 3.8) is 0 Å². The Hall–Kier alpha value is -1.07. The Morgan fingerprint density at radius 1 is 1.24 bits per heavy atom. The summed E-state index contributed by atoms with van der Waals surface area (Å²) in [6, 6.07) is 6.04. The lowest BCUT2D eigenvalue weighted by atomic mass is 9.90. The average molecular weight is 300 g/mol. The molecule has 0 radical (unpaired) electrons. The van der Waals surface area contributed by atoms with Gasteiger partial charge in [-0.3, -0.25) is 0 Å². The summed E-state index contributed by atoms with van der Waals surface area (Å²) in [5, 5.41) is 3.28. The summed E-state index contributed by atoms with van der Waals surface area (Å²) in [7, 11) is 2.11. The van der Waals surface area contributed by atoms with Crippen molar-refractivity contribution >= 4 is 0 Å². The van der Waals surface area contributed by atoms with Gasteiger partial charge in [-0.15, -0.1) is 0 Å². The van der Waals surface area contributed by atoms with Crippen molar-refractivity contribution in [3.8, 4) is 0 Å². The van der Waals surface area contributed by atoms with E-state index in [1.165, 1.54) is 6.07 Å². The summed E-state index contributed by atoms with van der Waals surface area (Å²) in [5.74, 6) is 0.541. The molecule has 2 nitrogen and oxygen atoms in total. The standard InChI is InChI=1S/C16H23F3N2/c1-12(13-7-9-21(2)10-8-13)20-11-14-5-3-4-6-15(14)16(17,18)19/h3-6,12-13,20H,7-11H2,1-2H3. The van der Waals surface area contributed by atoms with Crippen LogP contribution in [0.25, 0.3) is 0 Å². The van der Waals surface area contributed by atoms with Gasteiger partial charge in [0.2, 0.25) is 0 Å². The molecular formula is C16H23F3N2. The molecule has 1 heterocycles. The smallest absolute Gasteiger partial charge is 0.310 e. The van der Waals surface area contributed by atoms with Gasteiger partial charge in [0.15, 0.2) is 0 Å². The van der Waals surface area contributed by atoms with Crippen molar-refractivity contribution in [2.24, 2.45) is 5.92 Å². The molecule has 1 atom stereocenters. The minimum absolute atomic E-state index is 0.236. The van der Waals surface area contributed by atoms with Crippen LogP contribution >= 0.6 is 0 Å². The molecule has 118 valence electrons. The maximum atomic E-state index is 12.9. The van der Waals surface area contributed by atoms with Gasteiger partial charge in [-0.25, -0.2) is 0 Å². The highest BCUT2D eigenvalue weighted by molar-refractivity contribution is 5.29. The van der Waals surface area contributed by atoms with Crippen LogP contribution in [0.3, 0.4) is 0 Å². The number of rotatable bonds is 4. The summed E-state index contributed by atoms with van der Waals surface area (Å²) in [6.45, 7) is 4.47. The molecule has 5 heteroatoms. The van der Waals surface area contributed by atoms with Crippen molar-refractivity contribution in [1.29, 1.82) is 0 Å². The third-order valence-corrected chi connectivity index (χ3v) is 4.41. The molecule has 0 amide bonds. The van der Waals surface area contributed by atoms with Gasteiger partial charge in [0.05, 0.1) is 5.56 Å². The monoisotopic (exact) mass is 300 g/mol. The van der Waals surface area contributed by atoms with E-state index in [0.29, 0.717) is 11.5 Å². The third-order valence-electron chi connectivity index (χ3n) is 4.41. The van der Waals surface area contributed by atoms with Crippen molar-refractivity contribution in [2.75, 3.05) is 20.1 Å². The van der Waals surface area contributed by atoms with Crippen LogP contribution in [0.4, 0.5) is 13.2 Å². The Morgan fingerprint density at radius 3 is 2.48 bits per heavy atom. The number of halogens is 3. The van der Waals surface area contributed by atoms with Crippen molar-refractivity contribution in [2.45, 2.75) is 38.5 Å². The van der Waals surface area contributed by atoms with E-state index in [1.54, 1.807) is 12.1 Å². The largest absolute Gasteiger partial charge is 0.416 e. The molecule has 1 aromatic carbocycles. The lowest BCUT2D eigenvalue weighted by molar-refractivity contribution is -0.138. The van der Waals surface area contributed by atoms with Gasteiger partial charge in [-0.1, -0.05) is 18.2 Å². The fourth-order valence-electron chi connectivity index (χ4n) is 2.92. The molecule has 1 N–H and O–H groups in total. The van der Waals surface area contributed by atoms with Gasteiger partial charge in [0.25, 0.3) is 0 Å². The van der Waals surface area contributed by atoms with Crippen LogP contribution in [0.1, 0.15) is 30.9 Å². The third kappa shape index (κ3) is 4.45. The molecule has 0 aromatic heterocycles. The van der Waals surface area contributed by atoms with Crippen LogP contribution in [0.15, 0.2) is 24.3 Å². The van der Waals surface area contributed by atoms with E-state index in [-0.39, 0.29) is 12.6 Å². The molecule has 0 aliphatic carbocycles. The Balaban J connectivity index is 1.94. The number of likely N-dealkylation sites (tertiary alicyclic amines) is 1. The highest BCUT2D eigenvalue weighted by atomic mass is 19.4. The zero-order valence-corrected chi connectivity index (χ0v) is 12.6. The van der Waals surface area contributed by atoms with Crippen LogP contribution in [-0.4, -0.2) is 31.1 Å². The van der Waals surface area contributed by atoms with Gasteiger partial charge >= 0.3 is 6.18 Å². The molecule has 1 fully saturated rings. The minimum atomic E-state index is -4.28. The number of piperidine rings is 1. The van der Waals surface area contributed by atoms with Gasteiger partial charge in [0.1, 0.15) is 0 Å². The zero-order valence-electron chi connectivity index (χ0n) is 12.6. The van der Waals surface area contributed by atoms with E-state index in [1.807, 2.05) is 0 Å². The lowest BCUT2D eigenvalue weighted by Crippen LogP contribution is -2.40. The van der Waals surface area contributed by atoms with E-state index in [9.17, 15) is 13.2 Å². The number of hydrogen-bond acceptors (Lipinski definition) is 2. The van der Waals surface area contributed by atoms with E-state index in [4.69, 9.17) is 0 Å². The molecule has 1 aromatic rings. The first-order valence-corrected chi connectivity index (χ1v) is 7.45. The zero-order chi connectivity index (χ0) is 15.5. The highest BCUT2D eigenvalue weighted by Gasteiger charge is 2.33. The second-order valence-corrected chi connectivity index (χ2v) is 5.97. The average Bonchev–Trinajstić information content (AvgIpc) is 2.45. The van der Waals surface area contributed by atoms with E-state index < -0.39 is 11.7 Å². The van der Waals surface area contributed by atoms with Crippen LogP contribution in [0.5, 0.6) is 0 Å². The molecular weight excluding hydrogens is 277 g/mol. The number of benzene rings is 1. The van der Waals surface area contributed by atoms with Gasteiger partial charge in [-0.05, 0) is 57.5 Å². The molecule has 0 spiro atoms. The quantitative estimate of drug-likeness (QED) is 0.915. The number of nitrogens with one attached hydrogen (secondary N) is 1. The Bertz CT molecular complexity index is 451. The van der Waals surface area contributed by atoms with E-state index in [2.05, 4.69) is 24.2 Å². The molecule has 1 saturated heterocycles. The summed E-state index contributed by atoms with van der Waals surface area (Å²) in [5.41, 5.74) is -0.210. The van der Waals surface area contributed by atoms with Crippen LogP contribution in [0, 0.1) is 5.92 Å². The second-order valence-electron chi connectivity index (χ2n) is 5.97. The summed E-state index contributed by atoms with van der Waals surface area (Å²) in [6.07, 6.45) is -2.08. The van der Waals surface area contributed by atoms with E-state index >= 15 is 0 Å². The summed E-state index contributed by atoms with van der Waals surface area (Å²) in [4.78, 5) is 2.29. The van der Waals surface area contributed by atoms with Crippen molar-refractivity contribution in [1.82, 2.24) is 10.2 Å². The molecule has 2 rings (SSSR count). The normalized spacial score (nSPS) is 19.7. The molecule has 1 aliphatic heterocycles. The number of alkyl halides is 3. The predicted octanol–water partition coefficient (Wildman–Crippen LogP) is 3.53. The van der Waals surface area contributed by atoms with Gasteiger partial charge in [-0.2, -0.15) is 13.2 Å². The molecule has 0 bridgehead atoms. The van der Waals surface area contributed by atoms with Crippen molar-refractivity contribution in [3.05, 3.63) is 35.4 Å². The number of nitrogens with zero attached hydrogens (tertiary/aromatic N) is 1. The fraction of sp³-hybridized carbons (Fsp3) is 0.625. The first-order chi connectivity index (χ1) is 9.88. The molecule has 21 heavy (non-hydrogen) atoms. The number of hydrogen-bond donors (Lipinski definition) is 1. The molecule has 0 saturated carbocycles. The summed E-state index contributed by atoms with van der Waals surface area (Å²) < 4.78 is 38.8. The Labute approximate surface area is 124 Å². The Morgan fingerprint density at radius 2 is 1.86 bits per heavy atom. The minimum Gasteiger partial charge on any atom is -0.310 e. The molecule has 1 aliphatic rings. The van der Waals surface area contributed by atoms with Gasteiger partial charge < -0.3 is 10.2 Å². The first-order valence-electron chi connectivity index (χ1n) is 7.45. The SMILES string of the molecule is CC(NCc1ccccc1C(F)(F)F)C1CCN(C)CC1. The molecule has 1 unspecified atom stereocenters. The summed E-state index contributed by atoms with van der Waals surface area (Å²) >= 11 is 0. The first kappa shape index (κ1) is 16.3. The highest BCUT2D eigenvalue weighted by Crippen LogP contribution is 2.32. The maximum Gasteiger partial charge on any atom is 0.416 e. The van der Waals surface area contributed by atoms with Crippen LogP contribution in [-0.2, 0) is 12.7 Å². The van der Waals surface area contributed by atoms with Crippen molar-refractivity contribution < 1.29 is 13.2 Å². The van der Waals surface area contributed by atoms with Gasteiger partial charge in [0, 0.05) is 12.6 Å². The topological polar surface area (TPSA) is 15.3 Å². The van der Waals surface area contributed by atoms with Crippen LogP contribution in [0.2, 0.25) is 0 Å². The lowest BCUT2D eigenvalue weighted by Gasteiger charge is -2.33. The fourth-order valence-corrected chi connectivity index (χ4v) is 2.92. The second kappa shape index (κ2) is 6.79. The Kier molecular flexibility index (Phi) is 5.27. The van der Waals surface area contributed by atoms with Crippen LogP contribution < -0.4 is 5.32 Å². The van der Waals surface area contributed by atoms with E-state index in [0.717, 1.165) is 32.0 Å². The maximum absolute atomic E-state index is 12.9. The predicted molar refractivity (Wildman–Crippen MR) is 78.0 cm³/mol.